The van der Waals surface area contributed by atoms with Gasteiger partial charge >= 0.3 is 0 Å². The van der Waals surface area contributed by atoms with Gasteiger partial charge in [-0.2, -0.15) is 0 Å². The van der Waals surface area contributed by atoms with Gasteiger partial charge in [0.05, 0.1) is 32.0 Å². The lowest BCUT2D eigenvalue weighted by atomic mass is 10.2. The molecule has 120 valence electrons. The third kappa shape index (κ3) is 4.04. The highest BCUT2D eigenvalue weighted by molar-refractivity contribution is 5.91. The van der Waals surface area contributed by atoms with E-state index in [0.717, 1.165) is 5.56 Å². The second-order valence-corrected chi connectivity index (χ2v) is 5.62. The van der Waals surface area contributed by atoms with Crippen LogP contribution in [-0.2, 0) is 16.1 Å². The zero-order valence-corrected chi connectivity index (χ0v) is 13.1. The summed E-state index contributed by atoms with van der Waals surface area (Å²) in [6.07, 6.45) is 5.09. The van der Waals surface area contributed by atoms with Gasteiger partial charge in [-0.3, -0.25) is 4.79 Å². The van der Waals surface area contributed by atoms with Gasteiger partial charge in [0.1, 0.15) is 5.69 Å². The van der Waals surface area contributed by atoms with Crippen LogP contribution in [0.25, 0.3) is 6.08 Å². The molecule has 1 aliphatic rings. The topological polar surface area (TPSA) is 60.2 Å². The van der Waals surface area contributed by atoms with E-state index in [1.807, 2.05) is 48.4 Å². The number of amides is 1. The van der Waals surface area contributed by atoms with Gasteiger partial charge in [0.25, 0.3) is 0 Å². The summed E-state index contributed by atoms with van der Waals surface area (Å²) in [5.74, 6) is -0.0154. The number of carbonyl (C=O) groups excluding carboxylic acids is 1. The van der Waals surface area contributed by atoms with Crippen molar-refractivity contribution in [1.29, 1.82) is 0 Å². The van der Waals surface area contributed by atoms with Crippen LogP contribution in [0.2, 0.25) is 0 Å². The lowest BCUT2D eigenvalue weighted by Crippen LogP contribution is -2.46. The first kappa shape index (κ1) is 15.4. The summed E-state index contributed by atoms with van der Waals surface area (Å²) in [6, 6.07) is 10.2. The molecule has 1 aromatic heterocycles. The third-order valence-corrected chi connectivity index (χ3v) is 3.79. The Hall–Kier alpha value is -2.47. The molecule has 3 rings (SSSR count). The number of rotatable bonds is 4. The Morgan fingerprint density at radius 3 is 3.00 bits per heavy atom. The van der Waals surface area contributed by atoms with Crippen LogP contribution >= 0.6 is 0 Å². The first-order valence-corrected chi connectivity index (χ1v) is 7.73. The van der Waals surface area contributed by atoms with Crippen LogP contribution in [0.1, 0.15) is 18.2 Å². The number of morpholine rings is 1. The van der Waals surface area contributed by atoms with Crippen molar-refractivity contribution in [3.63, 3.8) is 0 Å². The first-order valence-electron chi connectivity index (χ1n) is 7.73. The summed E-state index contributed by atoms with van der Waals surface area (Å²) in [5.41, 5.74) is 1.83. The molecule has 6 nitrogen and oxygen atoms in total. The molecule has 6 heteroatoms. The molecule has 0 aliphatic carbocycles. The molecule has 2 aromatic rings. The van der Waals surface area contributed by atoms with Crippen molar-refractivity contribution < 1.29 is 9.53 Å². The van der Waals surface area contributed by atoms with E-state index in [2.05, 4.69) is 10.3 Å². The van der Waals surface area contributed by atoms with Crippen molar-refractivity contribution in [2.75, 3.05) is 19.8 Å². The Bertz CT molecular complexity index is 681. The van der Waals surface area contributed by atoms with Crippen LogP contribution in [0.3, 0.4) is 0 Å². The lowest BCUT2D eigenvalue weighted by molar-refractivity contribution is -0.133. The van der Waals surface area contributed by atoms with E-state index in [4.69, 9.17) is 4.74 Å². The number of benzene rings is 1. The van der Waals surface area contributed by atoms with Crippen molar-refractivity contribution >= 4 is 12.0 Å². The molecule has 2 heterocycles. The van der Waals surface area contributed by atoms with E-state index in [1.54, 1.807) is 16.8 Å². The fourth-order valence-corrected chi connectivity index (χ4v) is 2.54. The summed E-state index contributed by atoms with van der Waals surface area (Å²) >= 11 is 0. The standard InChI is InChI=1S/C17H20N4O2/c1-14-13-23-10-9-21(14)17(22)8-7-16-12-20(19-18-16)11-15-5-3-2-4-6-15/h2-8,12,14H,9-11,13H2,1H3/b8-7-/t14-/m1/s1. The molecule has 1 atom stereocenters. The van der Waals surface area contributed by atoms with Gasteiger partial charge in [0, 0.05) is 12.6 Å². The summed E-state index contributed by atoms with van der Waals surface area (Å²) < 4.78 is 7.10. The molecule has 1 aromatic carbocycles. The fourth-order valence-electron chi connectivity index (χ4n) is 2.54. The zero-order valence-electron chi connectivity index (χ0n) is 13.1. The molecule has 0 unspecified atom stereocenters. The molecule has 0 spiro atoms. The molecule has 1 saturated heterocycles. The second kappa shape index (κ2) is 7.19. The second-order valence-electron chi connectivity index (χ2n) is 5.62. The van der Waals surface area contributed by atoms with Crippen LogP contribution in [0.4, 0.5) is 0 Å². The molecular weight excluding hydrogens is 292 g/mol. The number of ether oxygens (including phenoxy) is 1. The fraction of sp³-hybridized carbons (Fsp3) is 0.353. The quantitative estimate of drug-likeness (QED) is 0.804. The molecule has 1 fully saturated rings. The number of aromatic nitrogens is 3. The lowest BCUT2D eigenvalue weighted by Gasteiger charge is -2.32. The number of carbonyl (C=O) groups is 1. The number of hydrogen-bond donors (Lipinski definition) is 0. The maximum absolute atomic E-state index is 12.2. The van der Waals surface area contributed by atoms with Crippen molar-refractivity contribution in [2.24, 2.45) is 0 Å². The smallest absolute Gasteiger partial charge is 0.247 e. The van der Waals surface area contributed by atoms with E-state index < -0.39 is 0 Å². The van der Waals surface area contributed by atoms with E-state index in [-0.39, 0.29) is 11.9 Å². The van der Waals surface area contributed by atoms with Crippen LogP contribution in [0.5, 0.6) is 0 Å². The SMILES string of the molecule is C[C@@H]1COCCN1C(=O)/C=C\c1cn(Cc2ccccc2)nn1. The van der Waals surface area contributed by atoms with Crippen LogP contribution in [-0.4, -0.2) is 51.6 Å². The molecule has 1 aliphatic heterocycles. The highest BCUT2D eigenvalue weighted by Gasteiger charge is 2.21. The van der Waals surface area contributed by atoms with Crippen molar-refractivity contribution in [1.82, 2.24) is 19.9 Å². The minimum atomic E-state index is -0.0154. The normalized spacial score (nSPS) is 18.5. The minimum absolute atomic E-state index is 0.0154. The molecule has 0 bridgehead atoms. The number of hydrogen-bond acceptors (Lipinski definition) is 4. The number of nitrogens with zero attached hydrogens (tertiary/aromatic N) is 4. The van der Waals surface area contributed by atoms with Gasteiger partial charge in [-0.05, 0) is 18.6 Å². The largest absolute Gasteiger partial charge is 0.377 e. The van der Waals surface area contributed by atoms with Crippen LogP contribution < -0.4 is 0 Å². The molecule has 0 N–H and O–H groups in total. The van der Waals surface area contributed by atoms with Gasteiger partial charge in [-0.1, -0.05) is 35.5 Å². The Balaban J connectivity index is 1.61. The molecule has 1 amide bonds. The average Bonchev–Trinajstić information content (AvgIpc) is 3.01. The van der Waals surface area contributed by atoms with Crippen molar-refractivity contribution in [3.05, 3.63) is 53.9 Å². The summed E-state index contributed by atoms with van der Waals surface area (Å²) in [4.78, 5) is 14.0. The van der Waals surface area contributed by atoms with Gasteiger partial charge < -0.3 is 9.64 Å². The minimum Gasteiger partial charge on any atom is -0.377 e. The van der Waals surface area contributed by atoms with Gasteiger partial charge in [0.15, 0.2) is 0 Å². The Kier molecular flexibility index (Phi) is 4.83. The highest BCUT2D eigenvalue weighted by atomic mass is 16.5. The van der Waals surface area contributed by atoms with E-state index in [1.165, 1.54) is 0 Å². The monoisotopic (exact) mass is 312 g/mol. The van der Waals surface area contributed by atoms with Crippen molar-refractivity contribution in [3.8, 4) is 0 Å². The Morgan fingerprint density at radius 1 is 1.39 bits per heavy atom. The van der Waals surface area contributed by atoms with Gasteiger partial charge in [-0.25, -0.2) is 4.68 Å². The Morgan fingerprint density at radius 2 is 2.22 bits per heavy atom. The van der Waals surface area contributed by atoms with E-state index in [0.29, 0.717) is 32.0 Å². The van der Waals surface area contributed by atoms with E-state index >= 15 is 0 Å². The molecule has 23 heavy (non-hydrogen) atoms. The molecular formula is C17H20N4O2. The summed E-state index contributed by atoms with van der Waals surface area (Å²) in [6.45, 7) is 4.46. The Labute approximate surface area is 135 Å². The van der Waals surface area contributed by atoms with E-state index in [9.17, 15) is 4.79 Å². The highest BCUT2D eigenvalue weighted by Crippen LogP contribution is 2.08. The van der Waals surface area contributed by atoms with Crippen LogP contribution in [0, 0.1) is 0 Å². The third-order valence-electron chi connectivity index (χ3n) is 3.79. The maximum Gasteiger partial charge on any atom is 0.247 e. The summed E-state index contributed by atoms with van der Waals surface area (Å²) in [5, 5.41) is 8.17. The molecule has 0 saturated carbocycles. The van der Waals surface area contributed by atoms with Gasteiger partial charge in [-0.15, -0.1) is 5.10 Å². The first-order chi connectivity index (χ1) is 11.2. The zero-order chi connectivity index (χ0) is 16.1. The predicted octanol–water partition coefficient (Wildman–Crippen LogP) is 1.59. The van der Waals surface area contributed by atoms with Crippen LogP contribution in [0.15, 0.2) is 42.6 Å². The average molecular weight is 312 g/mol. The van der Waals surface area contributed by atoms with Crippen molar-refractivity contribution in [2.45, 2.75) is 19.5 Å². The van der Waals surface area contributed by atoms with Gasteiger partial charge in [0.2, 0.25) is 5.91 Å². The predicted molar refractivity (Wildman–Crippen MR) is 86.6 cm³/mol. The maximum atomic E-state index is 12.2. The molecule has 0 radical (unpaired) electrons. The summed E-state index contributed by atoms with van der Waals surface area (Å²) in [7, 11) is 0.